The van der Waals surface area contributed by atoms with Crippen LogP contribution in [0.2, 0.25) is 0 Å². The summed E-state index contributed by atoms with van der Waals surface area (Å²) < 4.78 is 0.478. The Bertz CT molecular complexity index is 808. The number of phenols is 1. The largest absolute Gasteiger partial charge is 0.508 e. The molecule has 2 heterocycles. The lowest BCUT2D eigenvalue weighted by atomic mass is 10.0. The zero-order valence-corrected chi connectivity index (χ0v) is 14.8. The van der Waals surface area contributed by atoms with Crippen LogP contribution in [0.4, 0.5) is 10.5 Å². The Balaban J connectivity index is 1.99. The molecular weight excluding hydrogens is 374 g/mol. The fraction of sp³-hybridized carbons (Fsp3) is 0.235. The smallest absolute Gasteiger partial charge is 0.332 e. The number of carbonyl (C=O) groups excluding carboxylic acids is 2. The van der Waals surface area contributed by atoms with Gasteiger partial charge in [-0.15, -0.1) is 0 Å². The van der Waals surface area contributed by atoms with Gasteiger partial charge in [0.05, 0.1) is 5.69 Å². The van der Waals surface area contributed by atoms with Crippen LogP contribution < -0.4 is 4.90 Å². The zero-order chi connectivity index (χ0) is 17.5. The van der Waals surface area contributed by atoms with E-state index in [1.54, 1.807) is 32.3 Å². The van der Waals surface area contributed by atoms with Crippen molar-refractivity contribution in [2.24, 2.45) is 0 Å². The van der Waals surface area contributed by atoms with Crippen LogP contribution in [-0.4, -0.2) is 32.5 Å². The third-order valence-corrected chi connectivity index (χ3v) is 4.72. The molecule has 124 valence electrons. The number of carbonyl (C=O) groups is 2. The minimum atomic E-state index is -0.975. The van der Waals surface area contributed by atoms with E-state index in [2.05, 4.69) is 20.9 Å². The predicted molar refractivity (Wildman–Crippen MR) is 92.5 cm³/mol. The second-order valence-electron chi connectivity index (χ2n) is 6.06. The van der Waals surface area contributed by atoms with E-state index in [0.717, 1.165) is 10.5 Å². The van der Waals surface area contributed by atoms with Crippen LogP contribution in [0.5, 0.6) is 5.75 Å². The van der Waals surface area contributed by atoms with Gasteiger partial charge >= 0.3 is 6.03 Å². The van der Waals surface area contributed by atoms with Gasteiger partial charge in [0.15, 0.2) is 0 Å². The van der Waals surface area contributed by atoms with Crippen LogP contribution in [0.15, 0.2) is 47.2 Å². The predicted octanol–water partition coefficient (Wildman–Crippen LogP) is 3.30. The molecule has 0 aliphatic carbocycles. The van der Waals surface area contributed by atoms with Crippen LogP contribution >= 0.6 is 15.9 Å². The molecule has 0 unspecified atom stereocenters. The number of aromatic hydroxyl groups is 1. The summed E-state index contributed by atoms with van der Waals surface area (Å²) in [5.41, 5.74) is 0.330. The molecule has 0 spiro atoms. The van der Waals surface area contributed by atoms with Crippen molar-refractivity contribution in [1.82, 2.24) is 9.88 Å². The third kappa shape index (κ3) is 2.65. The van der Waals surface area contributed by atoms with Gasteiger partial charge in [-0.05, 0) is 65.7 Å². The lowest BCUT2D eigenvalue weighted by Crippen LogP contribution is -2.43. The minimum absolute atomic E-state index is 0.0534. The van der Waals surface area contributed by atoms with Crippen molar-refractivity contribution in [2.75, 3.05) is 4.90 Å². The van der Waals surface area contributed by atoms with Gasteiger partial charge in [-0.25, -0.2) is 9.69 Å². The Morgan fingerprint density at radius 1 is 1.17 bits per heavy atom. The molecule has 0 saturated carbocycles. The van der Waals surface area contributed by atoms with Crippen LogP contribution in [0.1, 0.15) is 19.4 Å². The van der Waals surface area contributed by atoms with Crippen LogP contribution in [-0.2, 0) is 11.3 Å². The van der Waals surface area contributed by atoms with Crippen molar-refractivity contribution in [3.8, 4) is 5.75 Å². The first kappa shape index (κ1) is 16.4. The quantitative estimate of drug-likeness (QED) is 0.817. The highest BCUT2D eigenvalue weighted by Crippen LogP contribution is 2.37. The number of pyridine rings is 1. The SMILES string of the molecule is CC1(C)C(=O)N(c2ccc(O)cc2Br)C(=O)N1Cc1ccncc1. The van der Waals surface area contributed by atoms with Crippen LogP contribution in [0.3, 0.4) is 0 Å². The Labute approximate surface area is 147 Å². The molecule has 0 atom stereocenters. The molecule has 1 fully saturated rings. The Morgan fingerprint density at radius 3 is 2.46 bits per heavy atom. The summed E-state index contributed by atoms with van der Waals surface area (Å²) >= 11 is 3.30. The highest BCUT2D eigenvalue weighted by Gasteiger charge is 2.52. The number of nitrogens with zero attached hydrogens (tertiary/aromatic N) is 3. The van der Waals surface area contributed by atoms with E-state index in [1.165, 1.54) is 17.0 Å². The Kier molecular flexibility index (Phi) is 4.04. The van der Waals surface area contributed by atoms with Crippen molar-refractivity contribution < 1.29 is 14.7 Å². The van der Waals surface area contributed by atoms with E-state index < -0.39 is 11.6 Å². The fourth-order valence-corrected chi connectivity index (χ4v) is 3.21. The first-order valence-electron chi connectivity index (χ1n) is 7.36. The maximum absolute atomic E-state index is 12.9. The number of hydrogen-bond donors (Lipinski definition) is 1. The maximum atomic E-state index is 12.9. The van der Waals surface area contributed by atoms with E-state index in [1.807, 2.05) is 12.1 Å². The molecule has 24 heavy (non-hydrogen) atoms. The Morgan fingerprint density at radius 2 is 1.83 bits per heavy atom. The molecule has 0 radical (unpaired) electrons. The van der Waals surface area contributed by atoms with Crippen molar-refractivity contribution >= 4 is 33.6 Å². The summed E-state index contributed by atoms with van der Waals surface area (Å²) in [7, 11) is 0. The van der Waals surface area contributed by atoms with Crippen molar-refractivity contribution in [1.29, 1.82) is 0 Å². The first-order valence-corrected chi connectivity index (χ1v) is 8.15. The zero-order valence-electron chi connectivity index (χ0n) is 13.2. The van der Waals surface area contributed by atoms with Gasteiger partial charge in [-0.2, -0.15) is 0 Å². The van der Waals surface area contributed by atoms with E-state index in [-0.39, 0.29) is 11.7 Å². The highest BCUT2D eigenvalue weighted by molar-refractivity contribution is 9.10. The summed E-state index contributed by atoms with van der Waals surface area (Å²) in [6.07, 6.45) is 3.30. The summed E-state index contributed by atoms with van der Waals surface area (Å²) in [6.45, 7) is 3.76. The van der Waals surface area contributed by atoms with Gasteiger partial charge in [0.1, 0.15) is 11.3 Å². The molecule has 1 N–H and O–H groups in total. The number of urea groups is 1. The number of imide groups is 1. The topological polar surface area (TPSA) is 73.7 Å². The number of hydrogen-bond acceptors (Lipinski definition) is 4. The highest BCUT2D eigenvalue weighted by atomic mass is 79.9. The molecule has 7 heteroatoms. The monoisotopic (exact) mass is 389 g/mol. The van der Waals surface area contributed by atoms with Crippen molar-refractivity contribution in [3.05, 3.63) is 52.8 Å². The number of rotatable bonds is 3. The third-order valence-electron chi connectivity index (χ3n) is 4.09. The fourth-order valence-electron chi connectivity index (χ4n) is 2.66. The van der Waals surface area contributed by atoms with Crippen molar-refractivity contribution in [3.63, 3.8) is 0 Å². The molecular formula is C17H16BrN3O3. The maximum Gasteiger partial charge on any atom is 0.332 e. The molecule has 1 aromatic carbocycles. The van der Waals surface area contributed by atoms with Crippen LogP contribution in [0.25, 0.3) is 0 Å². The average molecular weight is 390 g/mol. The minimum Gasteiger partial charge on any atom is -0.508 e. The molecule has 0 bridgehead atoms. The summed E-state index contributed by atoms with van der Waals surface area (Å²) in [5.74, 6) is -0.259. The summed E-state index contributed by atoms with van der Waals surface area (Å²) in [6, 6.07) is 7.67. The molecule has 1 aliphatic rings. The molecule has 3 rings (SSSR count). The van der Waals surface area contributed by atoms with Gasteiger partial charge in [-0.1, -0.05) is 0 Å². The number of anilines is 1. The molecule has 3 amide bonds. The Hall–Kier alpha value is -2.41. The van der Waals surface area contributed by atoms with Crippen molar-refractivity contribution in [2.45, 2.75) is 25.9 Å². The molecule has 6 nitrogen and oxygen atoms in total. The second-order valence-corrected chi connectivity index (χ2v) is 6.91. The lowest BCUT2D eigenvalue weighted by Gasteiger charge is -2.27. The average Bonchev–Trinajstić information content (AvgIpc) is 2.70. The lowest BCUT2D eigenvalue weighted by molar-refractivity contribution is -0.123. The number of aromatic nitrogens is 1. The standard InChI is InChI=1S/C17H16BrN3O3/c1-17(2)15(23)21(14-4-3-12(22)9-13(14)18)16(24)20(17)10-11-5-7-19-8-6-11/h3-9,22H,10H2,1-2H3. The summed E-state index contributed by atoms with van der Waals surface area (Å²) in [5, 5.41) is 9.53. The van der Waals surface area contributed by atoms with E-state index >= 15 is 0 Å². The second kappa shape index (κ2) is 5.90. The molecule has 1 aromatic heterocycles. The van der Waals surface area contributed by atoms with E-state index in [9.17, 15) is 14.7 Å². The summed E-state index contributed by atoms with van der Waals surface area (Å²) in [4.78, 5) is 32.4. The number of benzene rings is 1. The number of halogens is 1. The van der Waals surface area contributed by atoms with E-state index in [0.29, 0.717) is 16.7 Å². The van der Waals surface area contributed by atoms with E-state index in [4.69, 9.17) is 0 Å². The number of amides is 3. The van der Waals surface area contributed by atoms with Gasteiger partial charge in [0.2, 0.25) is 0 Å². The van der Waals surface area contributed by atoms with Gasteiger partial charge in [0, 0.05) is 23.4 Å². The molecule has 2 aromatic rings. The van der Waals surface area contributed by atoms with Gasteiger partial charge in [-0.3, -0.25) is 9.78 Å². The van der Waals surface area contributed by atoms with Gasteiger partial charge < -0.3 is 10.0 Å². The molecule has 1 saturated heterocycles. The molecule has 1 aliphatic heterocycles. The number of phenolic OH excluding ortho intramolecular Hbond substituents is 1. The first-order chi connectivity index (χ1) is 11.3. The normalized spacial score (nSPS) is 16.8. The van der Waals surface area contributed by atoms with Crippen LogP contribution in [0, 0.1) is 0 Å². The van der Waals surface area contributed by atoms with Gasteiger partial charge in [0.25, 0.3) is 5.91 Å².